The van der Waals surface area contributed by atoms with Crippen LogP contribution in [0.3, 0.4) is 0 Å². The standard InChI is InChI=1S/C41H65N4O2S.C29H50O2.C12H15N4OS/c1-27(2)14-11-15-28(3)16-12-17-29(4)18-13-21-41(10)22-19-36-32(7)38(30(5)31(6)39(36)47-41)46-23-20-37-33(8)45(26-48-37)25-35-24-43-34(9)44-40(35)42;1-20(2)12-9-13-21(3)14-10-15-22(4)16-11-18-29(8)19-17-26-25(7)27(30)23(5)24(6)28(26)31-29;1-8-11(3-4-17)18-7-16(8)6-10-5-14-9(2)15-12(10)13/h24,26-29H,11-23,25H2,1-10H3,(H2,42,43,44);20-22,30H,9-19H2,1-8H3;5-7,13,17H,3-4H2,1-2H3/q+1;;+1/p+1/t28-,29-,41-;21-,22-,29-;/m11./s1. The van der Waals surface area contributed by atoms with Crippen LogP contribution < -0.4 is 34.5 Å². The summed E-state index contributed by atoms with van der Waals surface area (Å²) in [5.41, 5.74) is 23.5. The highest BCUT2D eigenvalue weighted by atomic mass is 32.1. The number of ether oxygens (including phenoxy) is 3. The van der Waals surface area contributed by atoms with E-state index in [9.17, 15) is 5.11 Å². The molecule has 5 aromatic rings. The molecule has 6 heterocycles. The molecule has 2 aromatic carbocycles. The fraction of sp³-hybridized carbons (Fsp3) is 0.671. The molecule has 0 fully saturated rings. The molecule has 0 bridgehead atoms. The predicted molar refractivity (Wildman–Crippen MR) is 409 cm³/mol. The molecule has 8 rings (SSSR count). The van der Waals surface area contributed by atoms with E-state index in [4.69, 9.17) is 30.5 Å². The molecule has 0 spiro atoms. The molecule has 0 radical (unpaired) electrons. The Morgan fingerprint density at radius 3 is 1.62 bits per heavy atom. The largest absolute Gasteiger partial charge is 0.507 e. The minimum atomic E-state index is -0.0922. The van der Waals surface area contributed by atoms with Crippen LogP contribution in [0.5, 0.6) is 23.0 Å². The summed E-state index contributed by atoms with van der Waals surface area (Å²) < 4.78 is 24.3. The summed E-state index contributed by atoms with van der Waals surface area (Å²) in [5.74, 6) is 11.1. The van der Waals surface area contributed by atoms with Crippen LogP contribution in [0.15, 0.2) is 32.8 Å². The summed E-state index contributed by atoms with van der Waals surface area (Å²) >= 11 is 3.39. The fourth-order valence-electron chi connectivity index (χ4n) is 14.3. The Kier molecular flexibility index (Phi) is 31.8. The molecule has 6 atom stereocenters. The molecule has 0 saturated heterocycles. The van der Waals surface area contributed by atoms with Crippen LogP contribution in [0.1, 0.15) is 282 Å². The minimum Gasteiger partial charge on any atom is -0.507 e. The summed E-state index contributed by atoms with van der Waals surface area (Å²) in [6, 6.07) is 0. The monoisotopic (exact) mass is 1370 g/mol. The number of benzene rings is 2. The number of nitrogen functional groups attached to an aromatic ring is 1. The van der Waals surface area contributed by atoms with Crippen molar-refractivity contribution in [3.8, 4) is 23.0 Å². The lowest BCUT2D eigenvalue weighted by atomic mass is 9.83. The second kappa shape index (κ2) is 38.3. The SMILES string of the molecule is CC1=NC(=[NH2+])C(=C[n+]2csc(CCO)c2C)C=N1.Cc1c(C)c2c(c(C)c1O)CC[C@@](C)(CCC[C@H](C)CCC[C@H](C)CCCC(C)C)O2.Cc1ncc(C[n+]2csc(CCOc3c(C)c(C)c4c(c3C)CC[C@@](C)(CCC[C@H](C)CCC[C@H](C)CCCC(C)C)O4)c2C)c(N)n1. The van der Waals surface area contributed by atoms with E-state index in [2.05, 4.69) is 134 Å². The van der Waals surface area contributed by atoms with Gasteiger partial charge in [0, 0.05) is 57.5 Å². The van der Waals surface area contributed by atoms with Gasteiger partial charge < -0.3 is 30.2 Å². The Bertz CT molecular complexity index is 3450. The van der Waals surface area contributed by atoms with Crippen molar-refractivity contribution in [2.24, 2.45) is 45.5 Å². The minimum absolute atomic E-state index is 0.0712. The van der Waals surface area contributed by atoms with Gasteiger partial charge in [0.25, 0.3) is 0 Å². The van der Waals surface area contributed by atoms with E-state index in [0.29, 0.717) is 48.6 Å². The number of aromatic nitrogens is 4. The molecular weight excluding hydrogens is 1240 g/mol. The number of aryl methyl sites for hydroxylation is 1. The fourth-order valence-corrected chi connectivity index (χ4v) is 16.2. The zero-order valence-electron chi connectivity index (χ0n) is 64.2. The van der Waals surface area contributed by atoms with Gasteiger partial charge in [-0.05, 0) is 188 Å². The van der Waals surface area contributed by atoms with Crippen LogP contribution in [0, 0.1) is 97.8 Å². The van der Waals surface area contributed by atoms with E-state index in [1.54, 1.807) is 28.9 Å². The first kappa shape index (κ1) is 80.5. The zero-order chi connectivity index (χ0) is 71.3. The Balaban J connectivity index is 0.000000257. The molecule has 0 amide bonds. The number of hydrogen-bond donors (Lipinski definition) is 4. The highest BCUT2D eigenvalue weighted by molar-refractivity contribution is 7.09. The number of hydrogen-bond acceptors (Lipinski definition) is 11. The third kappa shape index (κ3) is 24.1. The van der Waals surface area contributed by atoms with Crippen molar-refractivity contribution in [2.75, 3.05) is 18.9 Å². The van der Waals surface area contributed by atoms with Crippen molar-refractivity contribution in [2.45, 2.75) is 310 Å². The first-order valence-electron chi connectivity index (χ1n) is 37.5. The van der Waals surface area contributed by atoms with Crippen molar-refractivity contribution < 1.29 is 39.0 Å². The highest BCUT2D eigenvalue weighted by Gasteiger charge is 2.36. The van der Waals surface area contributed by atoms with E-state index in [0.717, 1.165) is 131 Å². The van der Waals surface area contributed by atoms with Gasteiger partial charge in [0.1, 0.15) is 51.4 Å². The summed E-state index contributed by atoms with van der Waals surface area (Å²) in [6.07, 6.45) is 35.1. The number of aliphatic hydroxyl groups is 1. The lowest BCUT2D eigenvalue weighted by molar-refractivity contribution is -0.689. The summed E-state index contributed by atoms with van der Waals surface area (Å²) in [6.45, 7) is 45.8. The number of aliphatic hydroxyl groups excluding tert-OH is 1. The average Bonchev–Trinajstić information content (AvgIpc) is 1.37. The van der Waals surface area contributed by atoms with Gasteiger partial charge in [-0.2, -0.15) is 9.13 Å². The molecule has 0 saturated carbocycles. The van der Waals surface area contributed by atoms with Gasteiger partial charge in [-0.15, -0.1) is 0 Å². The van der Waals surface area contributed by atoms with E-state index >= 15 is 0 Å². The number of anilines is 1. The van der Waals surface area contributed by atoms with Gasteiger partial charge in [-0.3, -0.25) is 5.41 Å². The molecule has 3 aromatic heterocycles. The number of aromatic hydroxyl groups is 1. The first-order valence-corrected chi connectivity index (χ1v) is 39.2. The third-order valence-corrected chi connectivity index (χ3v) is 23.7. The maximum absolute atomic E-state index is 10.4. The lowest BCUT2D eigenvalue weighted by Crippen LogP contribution is -2.42. The number of thiazole rings is 2. The number of fused-ring (bicyclic) bond motifs is 2. The number of aliphatic imine (C=N–C) groups is 2. The molecule has 0 unspecified atom stereocenters. The molecule has 3 aliphatic heterocycles. The first-order chi connectivity index (χ1) is 45.9. The highest BCUT2D eigenvalue weighted by Crippen LogP contribution is 2.47. The summed E-state index contributed by atoms with van der Waals surface area (Å²) in [7, 11) is 0. The molecular formula is C82H131N8O5S2+3. The Morgan fingerprint density at radius 1 is 0.629 bits per heavy atom. The van der Waals surface area contributed by atoms with Crippen molar-refractivity contribution in [1.82, 2.24) is 9.97 Å². The Hall–Kier alpha value is -5.51. The van der Waals surface area contributed by atoms with Crippen molar-refractivity contribution in [1.29, 1.82) is 0 Å². The topological polar surface area (TPSA) is 178 Å². The molecule has 538 valence electrons. The average molecular weight is 1370 g/mol. The van der Waals surface area contributed by atoms with Crippen molar-refractivity contribution in [3.05, 3.63) is 99.8 Å². The lowest BCUT2D eigenvalue weighted by Gasteiger charge is -2.38. The van der Waals surface area contributed by atoms with Crippen molar-refractivity contribution >= 4 is 52.6 Å². The second-order valence-corrected chi connectivity index (χ2v) is 33.0. The number of nitrogens with zero attached hydrogens (tertiary/aromatic N) is 6. The van der Waals surface area contributed by atoms with E-state index in [-0.39, 0.29) is 17.8 Å². The Labute approximate surface area is 595 Å². The van der Waals surface area contributed by atoms with Crippen LogP contribution in [-0.2, 0) is 32.2 Å². The van der Waals surface area contributed by atoms with Crippen LogP contribution in [0.2, 0.25) is 0 Å². The summed E-state index contributed by atoms with van der Waals surface area (Å²) in [4.78, 5) is 19.4. The van der Waals surface area contributed by atoms with Crippen LogP contribution in [-0.4, -0.2) is 62.5 Å². The second-order valence-electron chi connectivity index (χ2n) is 31.1. The summed E-state index contributed by atoms with van der Waals surface area (Å²) in [5, 5.41) is 25.2. The van der Waals surface area contributed by atoms with E-state index in [1.807, 2.05) is 57.1 Å². The van der Waals surface area contributed by atoms with Crippen LogP contribution >= 0.6 is 22.7 Å². The van der Waals surface area contributed by atoms with Gasteiger partial charge in [-0.1, -0.05) is 168 Å². The maximum Gasteiger partial charge on any atom is 0.331 e. The van der Waals surface area contributed by atoms with Gasteiger partial charge in [0.2, 0.25) is 16.9 Å². The number of rotatable bonds is 33. The van der Waals surface area contributed by atoms with E-state index < -0.39 is 0 Å². The number of amidine groups is 2. The van der Waals surface area contributed by atoms with E-state index in [1.165, 1.54) is 146 Å². The molecule has 6 N–H and O–H groups in total. The van der Waals surface area contributed by atoms with Gasteiger partial charge >= 0.3 is 5.84 Å². The van der Waals surface area contributed by atoms with Gasteiger partial charge in [0.05, 0.1) is 28.1 Å². The maximum atomic E-state index is 10.4. The third-order valence-electron chi connectivity index (χ3n) is 21.5. The van der Waals surface area contributed by atoms with Crippen LogP contribution in [0.25, 0.3) is 6.20 Å². The quantitative estimate of drug-likeness (QED) is 0.0300. The molecule has 0 aliphatic carbocycles. The molecule has 15 heteroatoms. The molecule has 3 aliphatic rings. The molecule has 97 heavy (non-hydrogen) atoms. The number of phenolic OH excluding ortho intramolecular Hbond substituents is 1. The number of phenols is 1. The number of nitrogens with two attached hydrogens (primary N) is 2. The smallest absolute Gasteiger partial charge is 0.331 e. The molecule has 13 nitrogen and oxygen atoms in total. The van der Waals surface area contributed by atoms with Gasteiger partial charge in [0.15, 0.2) is 24.1 Å². The Morgan fingerprint density at radius 2 is 1.11 bits per heavy atom. The predicted octanol–water partition coefficient (Wildman–Crippen LogP) is 18.4. The van der Waals surface area contributed by atoms with Crippen LogP contribution in [0.4, 0.5) is 5.82 Å². The normalized spacial score (nSPS) is 18.3. The van der Waals surface area contributed by atoms with Crippen molar-refractivity contribution in [3.63, 3.8) is 0 Å². The zero-order valence-corrected chi connectivity index (χ0v) is 65.8. The van der Waals surface area contributed by atoms with Gasteiger partial charge in [-0.25, -0.2) is 15.0 Å².